The molecule has 94 valence electrons. The highest BCUT2D eigenvalue weighted by molar-refractivity contribution is 7.88. The molecule has 0 saturated carbocycles. The summed E-state index contributed by atoms with van der Waals surface area (Å²) in [6.07, 6.45) is 0. The van der Waals surface area contributed by atoms with E-state index in [0.717, 1.165) is 0 Å². The van der Waals surface area contributed by atoms with Crippen LogP contribution in [0.4, 0.5) is 0 Å². The molecule has 0 aromatic heterocycles. The van der Waals surface area contributed by atoms with E-state index in [4.69, 9.17) is 18.0 Å². The minimum Gasteiger partial charge on any atom is -0.389 e. The normalized spacial score (nSPS) is 11.7. The van der Waals surface area contributed by atoms with Crippen molar-refractivity contribution in [1.82, 2.24) is 9.84 Å². The third kappa shape index (κ3) is 4.78. The molecule has 7 heteroatoms. The number of benzene rings is 1. The monoisotopic (exact) mass is 273 g/mol. The van der Waals surface area contributed by atoms with Gasteiger partial charge in [-0.25, -0.2) is 13.4 Å². The van der Waals surface area contributed by atoms with Gasteiger partial charge in [-0.05, 0) is 11.6 Å². The predicted molar refractivity (Wildman–Crippen MR) is 71.8 cm³/mol. The van der Waals surface area contributed by atoms with Gasteiger partial charge in [0.25, 0.3) is 0 Å². The van der Waals surface area contributed by atoms with Gasteiger partial charge < -0.3 is 5.73 Å². The zero-order valence-corrected chi connectivity index (χ0v) is 11.3. The number of hydrogen-bond acceptors (Lipinski definition) is 4. The quantitative estimate of drug-likeness (QED) is 0.593. The number of sulfonamides is 1. The van der Waals surface area contributed by atoms with Crippen molar-refractivity contribution in [3.8, 4) is 0 Å². The minimum absolute atomic E-state index is 0.109. The van der Waals surface area contributed by atoms with E-state index in [2.05, 4.69) is 4.83 Å². The Kier molecular flexibility index (Phi) is 4.58. The second-order valence-corrected chi connectivity index (χ2v) is 5.95. The SMILES string of the molecule is CN(C)NS(=O)(=O)Cc1cccc(C(N)=S)c1. The summed E-state index contributed by atoms with van der Waals surface area (Å²) in [6.45, 7) is 0. The highest BCUT2D eigenvalue weighted by Gasteiger charge is 2.12. The van der Waals surface area contributed by atoms with Gasteiger partial charge in [0.05, 0.1) is 5.75 Å². The number of hydrogen-bond donors (Lipinski definition) is 2. The summed E-state index contributed by atoms with van der Waals surface area (Å²) < 4.78 is 23.3. The number of nitrogens with two attached hydrogens (primary N) is 1. The third-order valence-corrected chi connectivity index (χ3v) is 3.48. The van der Waals surface area contributed by atoms with Gasteiger partial charge in [-0.3, -0.25) is 0 Å². The summed E-state index contributed by atoms with van der Waals surface area (Å²) in [7, 11) is -0.156. The fraction of sp³-hybridized carbons (Fsp3) is 0.300. The first-order valence-corrected chi connectivity index (χ1v) is 6.92. The molecule has 1 aromatic rings. The molecular formula is C10H15N3O2S2. The predicted octanol–water partition coefficient (Wildman–Crippen LogP) is 0.217. The van der Waals surface area contributed by atoms with Crippen LogP contribution in [0.25, 0.3) is 0 Å². The van der Waals surface area contributed by atoms with E-state index in [-0.39, 0.29) is 10.7 Å². The molecule has 3 N–H and O–H groups in total. The largest absolute Gasteiger partial charge is 0.389 e. The molecule has 0 radical (unpaired) electrons. The molecule has 0 spiro atoms. The van der Waals surface area contributed by atoms with Gasteiger partial charge >= 0.3 is 0 Å². The van der Waals surface area contributed by atoms with Crippen molar-refractivity contribution in [2.45, 2.75) is 5.75 Å². The fourth-order valence-corrected chi connectivity index (χ4v) is 2.71. The Morgan fingerprint density at radius 3 is 2.65 bits per heavy atom. The Morgan fingerprint density at radius 1 is 1.47 bits per heavy atom. The van der Waals surface area contributed by atoms with Crippen LogP contribution in [0.1, 0.15) is 11.1 Å². The number of hydrazine groups is 1. The summed E-state index contributed by atoms with van der Waals surface area (Å²) in [4.78, 5) is 2.61. The van der Waals surface area contributed by atoms with Crippen LogP contribution in [0.15, 0.2) is 24.3 Å². The lowest BCUT2D eigenvalue weighted by molar-refractivity contribution is 0.363. The zero-order valence-electron chi connectivity index (χ0n) is 9.67. The van der Waals surface area contributed by atoms with E-state index < -0.39 is 10.0 Å². The molecule has 0 bridgehead atoms. The van der Waals surface area contributed by atoms with Gasteiger partial charge in [0.15, 0.2) is 0 Å². The molecule has 5 nitrogen and oxygen atoms in total. The van der Waals surface area contributed by atoms with Crippen LogP contribution >= 0.6 is 12.2 Å². The van der Waals surface area contributed by atoms with Crippen LogP contribution in [0, 0.1) is 0 Å². The topological polar surface area (TPSA) is 75.4 Å². The van der Waals surface area contributed by atoms with Gasteiger partial charge in [-0.1, -0.05) is 30.4 Å². The summed E-state index contributed by atoms with van der Waals surface area (Å²) in [5.41, 5.74) is 6.79. The van der Waals surface area contributed by atoms with E-state index in [0.29, 0.717) is 11.1 Å². The maximum atomic E-state index is 11.7. The van der Waals surface area contributed by atoms with Crippen molar-refractivity contribution in [1.29, 1.82) is 0 Å². The fourth-order valence-electron chi connectivity index (χ4n) is 1.34. The van der Waals surface area contributed by atoms with Gasteiger partial charge in [-0.2, -0.15) is 0 Å². The van der Waals surface area contributed by atoms with Crippen molar-refractivity contribution in [3.63, 3.8) is 0 Å². The molecule has 0 atom stereocenters. The maximum absolute atomic E-state index is 11.7. The summed E-state index contributed by atoms with van der Waals surface area (Å²) >= 11 is 4.84. The summed E-state index contributed by atoms with van der Waals surface area (Å²) in [6, 6.07) is 6.88. The molecule has 0 aliphatic heterocycles. The Balaban J connectivity index is 2.89. The standard InChI is InChI=1S/C10H15N3O2S2/c1-13(2)12-17(14,15)7-8-4-3-5-9(6-8)10(11)16/h3-6,12H,7H2,1-2H3,(H2,11,16). The number of thiocarbonyl (C=S) groups is 1. The highest BCUT2D eigenvalue weighted by atomic mass is 32.2. The van der Waals surface area contributed by atoms with Crippen molar-refractivity contribution in [3.05, 3.63) is 35.4 Å². The number of nitrogens with one attached hydrogen (secondary N) is 1. The lowest BCUT2D eigenvalue weighted by atomic mass is 10.1. The van der Waals surface area contributed by atoms with E-state index >= 15 is 0 Å². The Bertz CT molecular complexity index is 512. The number of rotatable bonds is 5. The van der Waals surface area contributed by atoms with Crippen LogP contribution < -0.4 is 10.6 Å². The molecule has 0 aliphatic rings. The molecule has 0 saturated heterocycles. The molecule has 1 aromatic carbocycles. The van der Waals surface area contributed by atoms with Crippen LogP contribution in [-0.2, 0) is 15.8 Å². The second-order valence-electron chi connectivity index (χ2n) is 3.81. The minimum atomic E-state index is -3.38. The number of nitrogens with zero attached hydrogens (tertiary/aromatic N) is 1. The maximum Gasteiger partial charge on any atom is 0.228 e. The lowest BCUT2D eigenvalue weighted by Crippen LogP contribution is -2.36. The average Bonchev–Trinajstić information content (AvgIpc) is 2.14. The molecule has 17 heavy (non-hydrogen) atoms. The van der Waals surface area contributed by atoms with Gasteiger partial charge in [0.1, 0.15) is 4.99 Å². The van der Waals surface area contributed by atoms with E-state index in [1.165, 1.54) is 5.01 Å². The van der Waals surface area contributed by atoms with E-state index in [9.17, 15) is 8.42 Å². The zero-order chi connectivity index (χ0) is 13.1. The summed E-state index contributed by atoms with van der Waals surface area (Å²) in [5.74, 6) is -0.109. The van der Waals surface area contributed by atoms with Crippen LogP contribution in [0.5, 0.6) is 0 Å². The smallest absolute Gasteiger partial charge is 0.228 e. The molecule has 0 heterocycles. The Labute approximate surface area is 107 Å². The van der Waals surface area contributed by atoms with E-state index in [1.807, 2.05) is 0 Å². The van der Waals surface area contributed by atoms with Crippen molar-refractivity contribution in [2.24, 2.45) is 5.73 Å². The second kappa shape index (κ2) is 5.54. The summed E-state index contributed by atoms with van der Waals surface area (Å²) in [5, 5.41) is 1.38. The first-order chi connectivity index (χ1) is 7.80. The molecule has 0 unspecified atom stereocenters. The first kappa shape index (κ1) is 14.0. The lowest BCUT2D eigenvalue weighted by Gasteiger charge is -2.12. The van der Waals surface area contributed by atoms with E-state index in [1.54, 1.807) is 38.4 Å². The highest BCUT2D eigenvalue weighted by Crippen LogP contribution is 2.08. The molecule has 0 aliphatic carbocycles. The van der Waals surface area contributed by atoms with Crippen LogP contribution in [-0.4, -0.2) is 32.5 Å². The van der Waals surface area contributed by atoms with Crippen molar-refractivity contribution in [2.75, 3.05) is 14.1 Å². The van der Waals surface area contributed by atoms with Crippen molar-refractivity contribution >= 4 is 27.2 Å². The Morgan fingerprint density at radius 2 is 2.12 bits per heavy atom. The molecule has 0 fully saturated rings. The van der Waals surface area contributed by atoms with Crippen LogP contribution in [0.3, 0.4) is 0 Å². The molecular weight excluding hydrogens is 258 g/mol. The first-order valence-electron chi connectivity index (χ1n) is 4.86. The van der Waals surface area contributed by atoms with Crippen molar-refractivity contribution < 1.29 is 8.42 Å². The molecule has 1 rings (SSSR count). The Hall–Kier alpha value is -1.02. The average molecular weight is 273 g/mol. The van der Waals surface area contributed by atoms with Gasteiger partial charge in [0.2, 0.25) is 10.0 Å². The van der Waals surface area contributed by atoms with Gasteiger partial charge in [0, 0.05) is 19.7 Å². The molecule has 0 amide bonds. The van der Waals surface area contributed by atoms with Crippen LogP contribution in [0.2, 0.25) is 0 Å². The third-order valence-electron chi connectivity index (χ3n) is 1.89. The van der Waals surface area contributed by atoms with Gasteiger partial charge in [-0.15, -0.1) is 4.83 Å².